The van der Waals surface area contributed by atoms with Gasteiger partial charge in [0.2, 0.25) is 0 Å². The SMILES string of the molecule is CC(C)(C)c1[c-]c2c(cc1)-c1ccc(C(C)(C)C)cc1C2.Clc1cccc([CH]=[Zr+2])c1.[Cl-].[Cl-].c1cc[cH-]c1. The summed E-state index contributed by atoms with van der Waals surface area (Å²) < 4.78 is 2.11. The van der Waals surface area contributed by atoms with Gasteiger partial charge in [-0.3, -0.25) is 0 Å². The third kappa shape index (κ3) is 9.71. The molecule has 194 valence electrons. The van der Waals surface area contributed by atoms with Crippen LogP contribution >= 0.6 is 11.6 Å². The number of hydrogen-bond donors (Lipinski definition) is 0. The van der Waals surface area contributed by atoms with Crippen molar-refractivity contribution < 1.29 is 49.0 Å². The molecule has 4 aromatic carbocycles. The van der Waals surface area contributed by atoms with Crippen LogP contribution in [0.1, 0.15) is 69.4 Å². The molecule has 4 heteroatoms. The van der Waals surface area contributed by atoms with E-state index >= 15 is 0 Å². The Bertz CT molecular complexity index is 1180. The third-order valence-corrected chi connectivity index (χ3v) is 7.09. The van der Waals surface area contributed by atoms with Crippen molar-refractivity contribution in [2.75, 3.05) is 0 Å². The van der Waals surface area contributed by atoms with Gasteiger partial charge >= 0.3 is 74.4 Å². The average molecular weight is 629 g/mol. The first-order valence-electron chi connectivity index (χ1n) is 12.1. The minimum Gasteiger partial charge on any atom is -1.00 e. The molecule has 37 heavy (non-hydrogen) atoms. The Morgan fingerprint density at radius 1 is 0.811 bits per heavy atom. The van der Waals surface area contributed by atoms with E-state index in [1.54, 1.807) is 0 Å². The van der Waals surface area contributed by atoms with Crippen molar-refractivity contribution in [1.29, 1.82) is 0 Å². The maximum Gasteiger partial charge on any atom is -0.172 e. The Hall–Kier alpha value is -1.37. The molecular weight excluding hydrogens is 594 g/mol. The van der Waals surface area contributed by atoms with Crippen LogP contribution in [0.3, 0.4) is 0 Å². The molecule has 0 saturated carbocycles. The molecule has 0 nitrogen and oxygen atoms in total. The van der Waals surface area contributed by atoms with Crippen LogP contribution in [0.4, 0.5) is 0 Å². The van der Waals surface area contributed by atoms with E-state index in [0.717, 1.165) is 11.4 Å². The van der Waals surface area contributed by atoms with Crippen LogP contribution in [0.15, 0.2) is 84.9 Å². The van der Waals surface area contributed by atoms with E-state index in [-0.39, 0.29) is 35.6 Å². The van der Waals surface area contributed by atoms with Crippen LogP contribution in [0, 0.1) is 6.07 Å². The van der Waals surface area contributed by atoms with E-state index in [1.807, 2.05) is 54.6 Å². The van der Waals surface area contributed by atoms with Gasteiger partial charge in [0.15, 0.2) is 0 Å². The number of halogens is 3. The van der Waals surface area contributed by atoms with Gasteiger partial charge in [0.25, 0.3) is 0 Å². The van der Waals surface area contributed by atoms with Crippen molar-refractivity contribution in [3.63, 3.8) is 0 Å². The number of benzene rings is 3. The Kier molecular flexibility index (Phi) is 13.4. The molecule has 0 atom stereocenters. The monoisotopic (exact) mass is 626 g/mol. The van der Waals surface area contributed by atoms with E-state index in [4.69, 9.17) is 11.6 Å². The van der Waals surface area contributed by atoms with Gasteiger partial charge in [0.05, 0.1) is 0 Å². The number of fused-ring (bicyclic) bond motifs is 3. The minimum atomic E-state index is 0. The second-order valence-corrected chi connectivity index (χ2v) is 12.1. The van der Waals surface area contributed by atoms with Crippen LogP contribution in [-0.2, 0) is 41.5 Å². The van der Waals surface area contributed by atoms with Gasteiger partial charge in [-0.25, -0.2) is 12.1 Å². The summed E-state index contributed by atoms with van der Waals surface area (Å²) in [7, 11) is 0. The zero-order valence-corrected chi connectivity index (χ0v) is 27.2. The van der Waals surface area contributed by atoms with E-state index < -0.39 is 0 Å². The normalized spacial score (nSPS) is 11.3. The Balaban J connectivity index is 0.000000354. The van der Waals surface area contributed by atoms with Gasteiger partial charge in [0, 0.05) is 0 Å². The molecule has 0 aliphatic heterocycles. The van der Waals surface area contributed by atoms with Gasteiger partial charge in [-0.2, -0.15) is 42.0 Å². The molecule has 0 bridgehead atoms. The largest absolute Gasteiger partial charge is 1.00 e. The summed E-state index contributed by atoms with van der Waals surface area (Å²) in [5.74, 6) is 0. The van der Waals surface area contributed by atoms with Gasteiger partial charge in [-0.15, -0.1) is 11.1 Å². The van der Waals surface area contributed by atoms with Gasteiger partial charge in [0.1, 0.15) is 0 Å². The molecule has 0 aromatic heterocycles. The van der Waals surface area contributed by atoms with Crippen LogP contribution in [-0.4, -0.2) is 3.71 Å². The van der Waals surface area contributed by atoms with E-state index in [9.17, 15) is 0 Å². The molecule has 0 N–H and O–H groups in total. The topological polar surface area (TPSA) is 0 Å². The predicted molar refractivity (Wildman–Crippen MR) is 150 cm³/mol. The average Bonchev–Trinajstić information content (AvgIpc) is 3.49. The van der Waals surface area contributed by atoms with Crippen molar-refractivity contribution >= 4 is 15.3 Å². The fourth-order valence-corrected chi connectivity index (χ4v) is 4.58. The molecule has 5 rings (SSSR count). The third-order valence-electron chi connectivity index (χ3n) is 6.03. The molecule has 0 unspecified atom stereocenters. The van der Waals surface area contributed by atoms with Crippen molar-refractivity contribution in [1.82, 2.24) is 0 Å². The van der Waals surface area contributed by atoms with Crippen LogP contribution in [0.25, 0.3) is 11.1 Å². The molecule has 0 spiro atoms. The quantitative estimate of drug-likeness (QED) is 0.251. The summed E-state index contributed by atoms with van der Waals surface area (Å²) in [6.45, 7) is 13.6. The number of hydrogen-bond acceptors (Lipinski definition) is 0. The molecule has 0 saturated heterocycles. The standard InChI is InChI=1S/C21H25.C7H5Cl.C5H5.2ClH.Zr/c1-20(2,3)16-7-9-18-14(12-16)11-15-13-17(21(4,5)6)8-10-19(15)18;1-6-3-2-4-7(8)5-6;1-2-4-5-3-1;;;/h7-10,12H,11H2,1-6H3;1-5H;1-5H;2*1H;/q-1;;-1;;;+2/p-2. The summed E-state index contributed by atoms with van der Waals surface area (Å²) in [5.41, 5.74) is 9.91. The summed E-state index contributed by atoms with van der Waals surface area (Å²) in [6, 6.07) is 33.0. The summed E-state index contributed by atoms with van der Waals surface area (Å²) >= 11 is 7.12. The van der Waals surface area contributed by atoms with Crippen LogP contribution < -0.4 is 24.8 Å². The summed E-state index contributed by atoms with van der Waals surface area (Å²) in [4.78, 5) is 0. The molecule has 0 amide bonds. The van der Waals surface area contributed by atoms with E-state index in [2.05, 4.69) is 81.6 Å². The maximum atomic E-state index is 5.71. The van der Waals surface area contributed by atoms with Crippen LogP contribution in [0.5, 0.6) is 0 Å². The van der Waals surface area contributed by atoms with Crippen molar-refractivity contribution in [3.8, 4) is 11.1 Å². The molecule has 1 aliphatic carbocycles. The molecule has 4 aromatic rings. The zero-order chi connectivity index (χ0) is 25.6. The van der Waals surface area contributed by atoms with E-state index in [1.165, 1.54) is 63.2 Å². The summed E-state index contributed by atoms with van der Waals surface area (Å²) in [5, 5.41) is 0.811. The Labute approximate surface area is 256 Å². The first kappa shape index (κ1) is 33.7. The van der Waals surface area contributed by atoms with Crippen LogP contribution in [0.2, 0.25) is 5.02 Å². The second kappa shape index (κ2) is 14.7. The molecule has 0 heterocycles. The molecule has 1 aliphatic rings. The van der Waals surface area contributed by atoms with Gasteiger partial charge in [-0.1, -0.05) is 65.3 Å². The van der Waals surface area contributed by atoms with Gasteiger partial charge < -0.3 is 24.8 Å². The predicted octanol–water partition coefficient (Wildman–Crippen LogP) is 3.10. The zero-order valence-electron chi connectivity index (χ0n) is 22.5. The maximum absolute atomic E-state index is 5.71. The van der Waals surface area contributed by atoms with Gasteiger partial charge in [-0.05, 0) is 28.4 Å². The van der Waals surface area contributed by atoms with Crippen molar-refractivity contribution in [2.45, 2.75) is 58.8 Å². The molecule has 0 fully saturated rings. The van der Waals surface area contributed by atoms with Crippen molar-refractivity contribution in [3.05, 3.63) is 124 Å². The fourth-order valence-electron chi connectivity index (χ4n) is 3.94. The molecular formula is C33H35Cl3Zr-2. The van der Waals surface area contributed by atoms with Crippen molar-refractivity contribution in [2.24, 2.45) is 0 Å². The fraction of sp³-hybridized carbons (Fsp3) is 0.273. The Morgan fingerprint density at radius 3 is 1.95 bits per heavy atom. The van der Waals surface area contributed by atoms with E-state index in [0.29, 0.717) is 0 Å². The second-order valence-electron chi connectivity index (χ2n) is 11.0. The smallest absolute Gasteiger partial charge is 0.172 e. The minimum absolute atomic E-state index is 0. The Morgan fingerprint density at radius 2 is 1.46 bits per heavy atom. The summed E-state index contributed by atoms with van der Waals surface area (Å²) in [6.07, 6.45) is 1.03. The number of rotatable bonds is 1. The first-order chi connectivity index (χ1) is 16.5. The first-order valence-corrected chi connectivity index (χ1v) is 13.9. The molecule has 0 radical (unpaired) electrons.